The normalized spacial score (nSPS) is 24.2. The van der Waals surface area contributed by atoms with Crippen molar-refractivity contribution in [3.63, 3.8) is 0 Å². The molecule has 1 rings (SSSR count). The lowest BCUT2D eigenvalue weighted by atomic mass is 10.2. The molecule has 0 spiro atoms. The number of aliphatic hydroxyl groups is 2. The molecule has 0 aromatic rings. The van der Waals surface area contributed by atoms with E-state index in [-0.39, 0.29) is 5.76 Å². The Morgan fingerprint density at radius 3 is 2.58 bits per heavy atom. The van der Waals surface area contributed by atoms with Crippen LogP contribution in [0.4, 0.5) is 0 Å². The van der Waals surface area contributed by atoms with Crippen molar-refractivity contribution in [3.8, 4) is 0 Å². The van der Waals surface area contributed by atoms with Gasteiger partial charge in [-0.25, -0.2) is 4.79 Å². The molecule has 0 aromatic carbocycles. The molecule has 0 aromatic heterocycles. The van der Waals surface area contributed by atoms with Crippen LogP contribution in [0.1, 0.15) is 6.92 Å². The van der Waals surface area contributed by atoms with Gasteiger partial charge in [0.15, 0.2) is 0 Å². The first-order chi connectivity index (χ1) is 5.59. The van der Waals surface area contributed by atoms with E-state index in [1.807, 2.05) is 0 Å². The monoisotopic (exact) mass is 170 g/mol. The van der Waals surface area contributed by atoms with Crippen LogP contribution in [0, 0.1) is 0 Å². The fourth-order valence-electron chi connectivity index (χ4n) is 0.732. The molecule has 12 heavy (non-hydrogen) atoms. The molecule has 0 amide bonds. The molecule has 1 aliphatic rings. The van der Waals surface area contributed by atoms with Crippen molar-refractivity contribution < 1.29 is 19.7 Å². The molecule has 0 fully saturated rings. The van der Waals surface area contributed by atoms with E-state index in [0.717, 1.165) is 0 Å². The summed E-state index contributed by atoms with van der Waals surface area (Å²) in [7, 11) is 0. The lowest BCUT2D eigenvalue weighted by Gasteiger charge is -2.08. The predicted octanol–water partition coefficient (Wildman–Crippen LogP) is -0.275. The second-order valence-corrected chi connectivity index (χ2v) is 2.55. The Labute approximate surface area is 69.8 Å². The number of hydrogen-bond donors (Lipinski definition) is 2. The maximum Gasteiger partial charge on any atom is 0.336 e. The van der Waals surface area contributed by atoms with Crippen LogP contribution in [-0.2, 0) is 9.53 Å². The van der Waals surface area contributed by atoms with Gasteiger partial charge < -0.3 is 14.9 Å². The molecular weight excluding hydrogens is 160 g/mol. The Morgan fingerprint density at radius 2 is 2.17 bits per heavy atom. The molecule has 66 valence electrons. The molecule has 0 unspecified atom stereocenters. The van der Waals surface area contributed by atoms with Gasteiger partial charge in [-0.3, -0.25) is 0 Å². The molecule has 1 aliphatic heterocycles. The molecule has 0 saturated carbocycles. The molecule has 2 atom stereocenters. The third-order valence-electron chi connectivity index (χ3n) is 1.43. The zero-order valence-electron chi connectivity index (χ0n) is 6.60. The standard InChI is InChI=1S/C8H10O4/c1-5(9)7(10)4-6-2-3-8(11)12-6/h2-5,7,9-10H,1H3/b6-4+/t5-,7-/m1/s1. The van der Waals surface area contributed by atoms with Crippen LogP contribution in [0.25, 0.3) is 0 Å². The number of aliphatic hydroxyl groups excluding tert-OH is 2. The van der Waals surface area contributed by atoms with E-state index >= 15 is 0 Å². The molecule has 4 nitrogen and oxygen atoms in total. The number of cyclic esters (lactones) is 1. The number of allylic oxidation sites excluding steroid dienone is 1. The number of carbonyl (C=O) groups excluding carboxylic acids is 1. The largest absolute Gasteiger partial charge is 0.424 e. The van der Waals surface area contributed by atoms with Crippen molar-refractivity contribution in [1.82, 2.24) is 0 Å². The summed E-state index contributed by atoms with van der Waals surface area (Å²) >= 11 is 0. The summed E-state index contributed by atoms with van der Waals surface area (Å²) < 4.78 is 4.62. The first kappa shape index (κ1) is 8.96. The van der Waals surface area contributed by atoms with Crippen LogP contribution < -0.4 is 0 Å². The fourth-order valence-corrected chi connectivity index (χ4v) is 0.732. The van der Waals surface area contributed by atoms with Gasteiger partial charge in [0.2, 0.25) is 0 Å². The minimum atomic E-state index is -1.00. The van der Waals surface area contributed by atoms with Gasteiger partial charge in [0.1, 0.15) is 11.9 Å². The number of carbonyl (C=O) groups is 1. The van der Waals surface area contributed by atoms with Crippen molar-refractivity contribution >= 4 is 5.97 Å². The molecule has 2 N–H and O–H groups in total. The van der Waals surface area contributed by atoms with Gasteiger partial charge in [-0.1, -0.05) is 0 Å². The Balaban J connectivity index is 2.59. The van der Waals surface area contributed by atoms with Crippen molar-refractivity contribution in [2.45, 2.75) is 19.1 Å². The summed E-state index contributed by atoms with van der Waals surface area (Å²) in [6.45, 7) is 1.45. The summed E-state index contributed by atoms with van der Waals surface area (Å²) in [6.07, 6.45) is 2.10. The number of hydrogen-bond acceptors (Lipinski definition) is 4. The molecule has 0 radical (unpaired) electrons. The zero-order valence-corrected chi connectivity index (χ0v) is 6.60. The average Bonchev–Trinajstić information content (AvgIpc) is 2.35. The fraction of sp³-hybridized carbons (Fsp3) is 0.375. The maximum absolute atomic E-state index is 10.5. The third-order valence-corrected chi connectivity index (χ3v) is 1.43. The quantitative estimate of drug-likeness (QED) is 0.559. The Morgan fingerprint density at radius 1 is 1.50 bits per heavy atom. The van der Waals surface area contributed by atoms with E-state index in [2.05, 4.69) is 4.74 Å². The van der Waals surface area contributed by atoms with Crippen LogP contribution >= 0.6 is 0 Å². The highest BCUT2D eigenvalue weighted by molar-refractivity contribution is 5.86. The molecule has 1 heterocycles. The molecular formula is C8H10O4. The van der Waals surface area contributed by atoms with Crippen molar-refractivity contribution in [2.24, 2.45) is 0 Å². The van der Waals surface area contributed by atoms with Crippen LogP contribution in [-0.4, -0.2) is 28.4 Å². The van der Waals surface area contributed by atoms with E-state index < -0.39 is 18.2 Å². The Kier molecular flexibility index (Phi) is 2.62. The number of esters is 1. The SMILES string of the molecule is C[C@@H](O)[C@H](O)/C=C1\C=CC(=O)O1. The zero-order chi connectivity index (χ0) is 9.14. The smallest absolute Gasteiger partial charge is 0.336 e. The van der Waals surface area contributed by atoms with Gasteiger partial charge in [-0.05, 0) is 19.1 Å². The molecule has 4 heteroatoms. The summed E-state index contributed by atoms with van der Waals surface area (Å²) in [5.41, 5.74) is 0. The van der Waals surface area contributed by atoms with E-state index in [0.29, 0.717) is 0 Å². The lowest BCUT2D eigenvalue weighted by Crippen LogP contribution is -2.20. The van der Waals surface area contributed by atoms with E-state index in [1.54, 1.807) is 0 Å². The summed E-state index contributed by atoms with van der Waals surface area (Å²) in [4.78, 5) is 10.5. The van der Waals surface area contributed by atoms with Crippen molar-refractivity contribution in [3.05, 3.63) is 24.0 Å². The average molecular weight is 170 g/mol. The van der Waals surface area contributed by atoms with Gasteiger partial charge >= 0.3 is 5.97 Å². The van der Waals surface area contributed by atoms with Crippen LogP contribution in [0.3, 0.4) is 0 Å². The number of ether oxygens (including phenoxy) is 1. The topological polar surface area (TPSA) is 66.8 Å². The minimum absolute atomic E-state index is 0.272. The van der Waals surface area contributed by atoms with Gasteiger partial charge in [0.05, 0.1) is 6.10 Å². The van der Waals surface area contributed by atoms with Gasteiger partial charge in [0, 0.05) is 6.08 Å². The highest BCUT2D eigenvalue weighted by Crippen LogP contribution is 2.10. The maximum atomic E-state index is 10.5. The van der Waals surface area contributed by atoms with E-state index in [9.17, 15) is 4.79 Å². The summed E-state index contributed by atoms with van der Waals surface area (Å²) in [5, 5.41) is 18.0. The summed E-state index contributed by atoms with van der Waals surface area (Å²) in [6, 6.07) is 0. The Bertz CT molecular complexity index is 239. The van der Waals surface area contributed by atoms with Crippen molar-refractivity contribution in [2.75, 3.05) is 0 Å². The second-order valence-electron chi connectivity index (χ2n) is 2.55. The van der Waals surface area contributed by atoms with Gasteiger partial charge in [-0.15, -0.1) is 0 Å². The first-order valence-electron chi connectivity index (χ1n) is 3.57. The van der Waals surface area contributed by atoms with Gasteiger partial charge in [-0.2, -0.15) is 0 Å². The number of rotatable bonds is 2. The minimum Gasteiger partial charge on any atom is -0.424 e. The highest BCUT2D eigenvalue weighted by Gasteiger charge is 2.13. The van der Waals surface area contributed by atoms with Crippen LogP contribution in [0.5, 0.6) is 0 Å². The summed E-state index contributed by atoms with van der Waals surface area (Å²) in [5.74, 6) is -0.188. The highest BCUT2D eigenvalue weighted by atomic mass is 16.5. The molecule has 0 aliphatic carbocycles. The second kappa shape index (κ2) is 3.51. The lowest BCUT2D eigenvalue weighted by molar-refractivity contribution is -0.132. The molecule has 0 bridgehead atoms. The first-order valence-corrected chi connectivity index (χ1v) is 3.57. The van der Waals surface area contributed by atoms with Crippen LogP contribution in [0.2, 0.25) is 0 Å². The van der Waals surface area contributed by atoms with E-state index in [1.165, 1.54) is 25.2 Å². The predicted molar refractivity (Wildman–Crippen MR) is 41.0 cm³/mol. The van der Waals surface area contributed by atoms with Crippen LogP contribution in [0.15, 0.2) is 24.0 Å². The van der Waals surface area contributed by atoms with Gasteiger partial charge in [0.25, 0.3) is 0 Å². The van der Waals surface area contributed by atoms with Crippen molar-refractivity contribution in [1.29, 1.82) is 0 Å². The van der Waals surface area contributed by atoms with E-state index in [4.69, 9.17) is 10.2 Å². The third kappa shape index (κ3) is 2.18. The molecule has 0 saturated heterocycles. The Hall–Kier alpha value is -1.13.